The highest BCUT2D eigenvalue weighted by molar-refractivity contribution is 5.75. The average molecular weight is 428 g/mol. The molecule has 3 rings (SSSR count). The Kier molecular flexibility index (Phi) is 7.01. The van der Waals surface area contributed by atoms with Gasteiger partial charge in [0.15, 0.2) is 5.82 Å². The minimum Gasteiger partial charge on any atom is -0.359 e. The first-order chi connectivity index (χ1) is 14.9. The van der Waals surface area contributed by atoms with Gasteiger partial charge in [-0.1, -0.05) is 12.1 Å². The summed E-state index contributed by atoms with van der Waals surface area (Å²) in [5.41, 5.74) is 0.200. The number of amides is 1. The van der Waals surface area contributed by atoms with E-state index in [1.165, 1.54) is 35.2 Å². The van der Waals surface area contributed by atoms with Crippen LogP contribution in [0, 0.1) is 6.92 Å². The van der Waals surface area contributed by atoms with E-state index in [-0.39, 0.29) is 18.3 Å². The van der Waals surface area contributed by atoms with E-state index in [1.807, 2.05) is 12.1 Å². The average Bonchev–Trinajstić information content (AvgIpc) is 2.77. The van der Waals surface area contributed by atoms with Crippen molar-refractivity contribution in [3.63, 3.8) is 0 Å². The van der Waals surface area contributed by atoms with Crippen LogP contribution < -0.4 is 16.2 Å². The third-order valence-corrected chi connectivity index (χ3v) is 4.50. The monoisotopic (exact) mass is 428 g/mol. The third kappa shape index (κ3) is 5.91. The van der Waals surface area contributed by atoms with Crippen molar-refractivity contribution in [3.05, 3.63) is 82.4 Å². The number of rotatable bonds is 9. The summed E-state index contributed by atoms with van der Waals surface area (Å²) in [7, 11) is 0. The fourth-order valence-electron chi connectivity index (χ4n) is 2.83. The molecule has 8 nitrogen and oxygen atoms in total. The summed E-state index contributed by atoms with van der Waals surface area (Å²) in [4.78, 5) is 36.7. The number of aromatic nitrogens is 4. The highest BCUT2D eigenvalue weighted by atomic mass is 19.3. The van der Waals surface area contributed by atoms with Crippen molar-refractivity contribution in [1.29, 1.82) is 0 Å². The second kappa shape index (κ2) is 9.88. The lowest BCUT2D eigenvalue weighted by Crippen LogP contribution is -2.36. The number of carbonyl (C=O) groups excluding carboxylic acids is 1. The number of hydrogen-bond donors (Lipinski definition) is 2. The summed E-state index contributed by atoms with van der Waals surface area (Å²) in [5, 5.41) is 5.11. The lowest BCUT2D eigenvalue weighted by atomic mass is 10.2. The highest BCUT2D eigenvalue weighted by Gasteiger charge is 2.33. The van der Waals surface area contributed by atoms with Gasteiger partial charge in [-0.15, -0.1) is 0 Å². The summed E-state index contributed by atoms with van der Waals surface area (Å²) >= 11 is 0. The molecule has 0 unspecified atom stereocenters. The van der Waals surface area contributed by atoms with Gasteiger partial charge in [-0.2, -0.15) is 8.78 Å². The molecule has 0 spiro atoms. The molecule has 10 heteroatoms. The molecule has 0 atom stereocenters. The van der Waals surface area contributed by atoms with Crippen molar-refractivity contribution in [2.45, 2.75) is 25.8 Å². The number of carbonyl (C=O) groups is 1. The Morgan fingerprint density at radius 2 is 1.84 bits per heavy atom. The number of anilines is 1. The molecule has 0 aliphatic carbocycles. The Bertz CT molecular complexity index is 1070. The number of hydrogen-bond acceptors (Lipinski definition) is 6. The molecule has 2 N–H and O–H groups in total. The van der Waals surface area contributed by atoms with Gasteiger partial charge in [0.1, 0.15) is 12.2 Å². The van der Waals surface area contributed by atoms with Gasteiger partial charge in [0, 0.05) is 42.9 Å². The van der Waals surface area contributed by atoms with Crippen molar-refractivity contribution in [1.82, 2.24) is 24.8 Å². The van der Waals surface area contributed by atoms with Crippen molar-refractivity contribution in [3.8, 4) is 0 Å². The molecule has 3 aromatic rings. The number of alkyl halides is 2. The van der Waals surface area contributed by atoms with Crippen LogP contribution in [-0.4, -0.2) is 38.5 Å². The van der Waals surface area contributed by atoms with Crippen molar-refractivity contribution >= 4 is 11.7 Å². The Labute approximate surface area is 177 Å². The second-order valence-electron chi connectivity index (χ2n) is 6.83. The number of aryl methyl sites for hydroxylation is 1. The Morgan fingerprint density at radius 3 is 2.52 bits per heavy atom. The van der Waals surface area contributed by atoms with Crippen LogP contribution in [0.3, 0.4) is 0 Å². The van der Waals surface area contributed by atoms with Gasteiger partial charge in [0.05, 0.1) is 6.54 Å². The van der Waals surface area contributed by atoms with E-state index >= 15 is 0 Å². The molecule has 3 heterocycles. The predicted molar refractivity (Wildman–Crippen MR) is 111 cm³/mol. The van der Waals surface area contributed by atoms with Gasteiger partial charge in [-0.05, 0) is 31.2 Å². The fraction of sp³-hybridized carbons (Fsp3) is 0.286. The zero-order chi connectivity index (χ0) is 22.3. The van der Waals surface area contributed by atoms with Crippen LogP contribution in [-0.2, 0) is 23.7 Å². The van der Waals surface area contributed by atoms with E-state index in [0.29, 0.717) is 18.7 Å². The topological polar surface area (TPSA) is 102 Å². The number of nitrogens with zero attached hydrogens (tertiary/aromatic N) is 4. The summed E-state index contributed by atoms with van der Waals surface area (Å²) in [6, 6.07) is 9.71. The molecule has 0 saturated heterocycles. The van der Waals surface area contributed by atoms with Gasteiger partial charge in [-0.25, -0.2) is 4.98 Å². The molecule has 3 aromatic heterocycles. The van der Waals surface area contributed by atoms with E-state index in [4.69, 9.17) is 0 Å². The minimum absolute atomic E-state index is 0.249. The predicted octanol–water partition coefficient (Wildman–Crippen LogP) is 1.90. The molecule has 31 heavy (non-hydrogen) atoms. The molecule has 0 bridgehead atoms. The summed E-state index contributed by atoms with van der Waals surface area (Å²) < 4.78 is 29.8. The van der Waals surface area contributed by atoms with Crippen LogP contribution in [0.4, 0.5) is 14.6 Å². The summed E-state index contributed by atoms with van der Waals surface area (Å²) in [5.74, 6) is -3.94. The maximum Gasteiger partial charge on any atom is 0.306 e. The van der Waals surface area contributed by atoms with Gasteiger partial charge in [-0.3, -0.25) is 24.1 Å². The SMILES string of the molecule is Cc1cnc(NCC(F)(F)c2ccccn2)c(=O)n1CC(=O)NCCc1ccccn1. The van der Waals surface area contributed by atoms with E-state index in [1.54, 1.807) is 19.2 Å². The highest BCUT2D eigenvalue weighted by Crippen LogP contribution is 2.25. The van der Waals surface area contributed by atoms with Crippen LogP contribution in [0.15, 0.2) is 59.8 Å². The quantitative estimate of drug-likeness (QED) is 0.540. The summed E-state index contributed by atoms with van der Waals surface area (Å²) in [6.45, 7) is 0.865. The van der Waals surface area contributed by atoms with E-state index in [9.17, 15) is 18.4 Å². The normalized spacial score (nSPS) is 11.2. The first-order valence-electron chi connectivity index (χ1n) is 9.63. The second-order valence-corrected chi connectivity index (χ2v) is 6.83. The fourth-order valence-corrected chi connectivity index (χ4v) is 2.83. The first kappa shape index (κ1) is 22.0. The zero-order valence-corrected chi connectivity index (χ0v) is 16.9. The number of halogens is 2. The molecule has 0 fully saturated rings. The van der Waals surface area contributed by atoms with E-state index in [0.717, 1.165) is 5.69 Å². The molecule has 0 radical (unpaired) electrons. The zero-order valence-electron chi connectivity index (χ0n) is 16.9. The Morgan fingerprint density at radius 1 is 1.10 bits per heavy atom. The third-order valence-electron chi connectivity index (χ3n) is 4.50. The molecule has 0 aromatic carbocycles. The van der Waals surface area contributed by atoms with Crippen LogP contribution in [0.2, 0.25) is 0 Å². The largest absolute Gasteiger partial charge is 0.359 e. The lowest BCUT2D eigenvalue weighted by molar-refractivity contribution is -0.121. The van der Waals surface area contributed by atoms with Crippen LogP contribution in [0.5, 0.6) is 0 Å². The van der Waals surface area contributed by atoms with E-state index in [2.05, 4.69) is 25.6 Å². The van der Waals surface area contributed by atoms with Crippen LogP contribution in [0.1, 0.15) is 17.1 Å². The van der Waals surface area contributed by atoms with Crippen molar-refractivity contribution in [2.75, 3.05) is 18.4 Å². The molecular weight excluding hydrogens is 406 g/mol. The Hall–Kier alpha value is -3.69. The molecular formula is C21H22F2N6O2. The number of pyridine rings is 2. The molecule has 1 amide bonds. The number of nitrogens with one attached hydrogen (secondary N) is 2. The molecule has 162 valence electrons. The molecule has 0 aliphatic rings. The van der Waals surface area contributed by atoms with Gasteiger partial charge < -0.3 is 10.6 Å². The Balaban J connectivity index is 1.62. The minimum atomic E-state index is -3.30. The van der Waals surface area contributed by atoms with Crippen LogP contribution >= 0.6 is 0 Å². The van der Waals surface area contributed by atoms with E-state index < -0.39 is 23.7 Å². The smallest absolute Gasteiger partial charge is 0.306 e. The van der Waals surface area contributed by atoms with Crippen LogP contribution in [0.25, 0.3) is 0 Å². The molecule has 0 saturated carbocycles. The lowest BCUT2D eigenvalue weighted by Gasteiger charge is -2.17. The maximum atomic E-state index is 14.3. The van der Waals surface area contributed by atoms with Crippen molar-refractivity contribution in [2.24, 2.45) is 0 Å². The summed E-state index contributed by atoms with van der Waals surface area (Å²) in [6.07, 6.45) is 4.84. The molecule has 0 aliphatic heterocycles. The standard InChI is InChI=1S/C21H22F2N6O2/c1-15-12-27-19(28-14-21(22,23)17-7-3-5-10-25-17)20(31)29(15)13-18(30)26-11-8-16-6-2-4-9-24-16/h2-7,9-10,12H,8,11,13-14H2,1H3,(H,26,30)(H,27,28). The van der Waals surface area contributed by atoms with Crippen molar-refractivity contribution < 1.29 is 13.6 Å². The maximum absolute atomic E-state index is 14.3. The van der Waals surface area contributed by atoms with Gasteiger partial charge in [0.25, 0.3) is 5.56 Å². The van der Waals surface area contributed by atoms with Gasteiger partial charge in [0.2, 0.25) is 5.91 Å². The van der Waals surface area contributed by atoms with Gasteiger partial charge >= 0.3 is 5.92 Å². The first-order valence-corrected chi connectivity index (χ1v) is 9.63.